The summed E-state index contributed by atoms with van der Waals surface area (Å²) in [7, 11) is 0. The smallest absolute Gasteiger partial charge is 0.307 e. The van der Waals surface area contributed by atoms with Crippen LogP contribution in [-0.4, -0.2) is 35.3 Å². The van der Waals surface area contributed by atoms with Gasteiger partial charge in [0.05, 0.1) is 5.92 Å². The number of benzene rings is 1. The third-order valence-electron chi connectivity index (χ3n) is 3.42. The van der Waals surface area contributed by atoms with Gasteiger partial charge in [-0.25, -0.2) is 0 Å². The van der Waals surface area contributed by atoms with Crippen molar-refractivity contribution in [2.45, 2.75) is 24.3 Å². The van der Waals surface area contributed by atoms with E-state index in [9.17, 15) is 4.79 Å². The molecule has 0 amide bonds. The molecule has 0 aliphatic carbocycles. The topological polar surface area (TPSA) is 40.5 Å². The minimum Gasteiger partial charge on any atom is -0.481 e. The molecule has 0 radical (unpaired) electrons. The average molecular weight is 265 g/mol. The number of thioether (sulfide) groups is 1. The molecule has 0 bridgehead atoms. The summed E-state index contributed by atoms with van der Waals surface area (Å²) >= 11 is 1.74. The Hall–Kier alpha value is -1.00. The number of hydrogen-bond donors (Lipinski definition) is 1. The molecule has 0 saturated carbocycles. The number of carboxylic acids is 1. The van der Waals surface area contributed by atoms with E-state index >= 15 is 0 Å². The average Bonchev–Trinajstić information content (AvgIpc) is 2.40. The Bertz CT molecular complexity index is 405. The number of piperidine rings is 1. The number of likely N-dealkylation sites (tertiary alicyclic amines) is 1. The van der Waals surface area contributed by atoms with Gasteiger partial charge in [0.25, 0.3) is 0 Å². The maximum Gasteiger partial charge on any atom is 0.307 e. The van der Waals surface area contributed by atoms with Crippen molar-refractivity contribution in [1.29, 1.82) is 0 Å². The fraction of sp³-hybridized carbons (Fsp3) is 0.500. The quantitative estimate of drug-likeness (QED) is 0.850. The number of rotatable bonds is 4. The molecule has 1 saturated heterocycles. The van der Waals surface area contributed by atoms with Crippen molar-refractivity contribution < 1.29 is 9.90 Å². The zero-order chi connectivity index (χ0) is 13.0. The summed E-state index contributed by atoms with van der Waals surface area (Å²) in [6, 6.07) is 8.52. The highest BCUT2D eigenvalue weighted by atomic mass is 32.2. The largest absolute Gasteiger partial charge is 0.481 e. The van der Waals surface area contributed by atoms with Gasteiger partial charge in [-0.05, 0) is 43.3 Å². The molecule has 18 heavy (non-hydrogen) atoms. The molecule has 1 N–H and O–H groups in total. The van der Waals surface area contributed by atoms with Crippen molar-refractivity contribution in [2.75, 3.05) is 19.3 Å². The van der Waals surface area contributed by atoms with Crippen molar-refractivity contribution in [3.05, 3.63) is 29.8 Å². The van der Waals surface area contributed by atoms with Gasteiger partial charge in [-0.15, -0.1) is 11.8 Å². The second-order valence-electron chi connectivity index (χ2n) is 4.76. The first-order chi connectivity index (χ1) is 8.69. The fourth-order valence-electron chi connectivity index (χ4n) is 2.39. The Labute approximate surface area is 112 Å². The minimum atomic E-state index is -0.655. The molecule has 1 heterocycles. The maximum atomic E-state index is 11.0. The van der Waals surface area contributed by atoms with Crippen LogP contribution >= 0.6 is 11.8 Å². The summed E-state index contributed by atoms with van der Waals surface area (Å²) in [5.41, 5.74) is 1.26. The highest BCUT2D eigenvalue weighted by Crippen LogP contribution is 2.20. The van der Waals surface area contributed by atoms with Crippen molar-refractivity contribution >= 4 is 17.7 Å². The zero-order valence-electron chi connectivity index (χ0n) is 10.6. The molecule has 0 aromatic heterocycles. The number of carbonyl (C=O) groups is 1. The van der Waals surface area contributed by atoms with Crippen LogP contribution in [0.25, 0.3) is 0 Å². The SMILES string of the molecule is CSc1ccc(CN2CCCC(C(=O)O)C2)cc1. The lowest BCUT2D eigenvalue weighted by Crippen LogP contribution is -2.38. The van der Waals surface area contributed by atoms with Gasteiger partial charge in [0, 0.05) is 18.0 Å². The van der Waals surface area contributed by atoms with E-state index in [0.717, 1.165) is 25.9 Å². The maximum absolute atomic E-state index is 11.0. The van der Waals surface area contributed by atoms with Crippen LogP contribution in [0.2, 0.25) is 0 Å². The molecule has 1 aromatic carbocycles. The van der Waals surface area contributed by atoms with Gasteiger partial charge in [-0.3, -0.25) is 9.69 Å². The van der Waals surface area contributed by atoms with Gasteiger partial charge in [0.1, 0.15) is 0 Å². The molecule has 1 atom stereocenters. The van der Waals surface area contributed by atoms with E-state index in [4.69, 9.17) is 5.11 Å². The Morgan fingerprint density at radius 3 is 2.78 bits per heavy atom. The Morgan fingerprint density at radius 1 is 1.44 bits per heavy atom. The lowest BCUT2D eigenvalue weighted by atomic mass is 9.98. The lowest BCUT2D eigenvalue weighted by Gasteiger charge is -2.30. The van der Waals surface area contributed by atoms with Gasteiger partial charge in [0.15, 0.2) is 0 Å². The van der Waals surface area contributed by atoms with Gasteiger partial charge in [-0.2, -0.15) is 0 Å². The van der Waals surface area contributed by atoms with E-state index in [1.807, 2.05) is 0 Å². The van der Waals surface area contributed by atoms with E-state index in [1.54, 1.807) is 11.8 Å². The molecule has 4 heteroatoms. The molecule has 98 valence electrons. The molecule has 1 unspecified atom stereocenters. The van der Waals surface area contributed by atoms with E-state index in [0.29, 0.717) is 6.54 Å². The summed E-state index contributed by atoms with van der Waals surface area (Å²) in [6.45, 7) is 2.55. The highest BCUT2D eigenvalue weighted by molar-refractivity contribution is 7.98. The number of hydrogen-bond acceptors (Lipinski definition) is 3. The third-order valence-corrected chi connectivity index (χ3v) is 4.16. The second kappa shape index (κ2) is 6.25. The number of aliphatic carboxylic acids is 1. The Morgan fingerprint density at radius 2 is 2.17 bits per heavy atom. The van der Waals surface area contributed by atoms with E-state index in [-0.39, 0.29) is 5.92 Å². The molecular formula is C14H19NO2S. The lowest BCUT2D eigenvalue weighted by molar-refractivity contribution is -0.143. The molecule has 0 spiro atoms. The van der Waals surface area contributed by atoms with E-state index < -0.39 is 5.97 Å². The first-order valence-electron chi connectivity index (χ1n) is 6.27. The highest BCUT2D eigenvalue weighted by Gasteiger charge is 2.25. The normalized spacial score (nSPS) is 20.8. The summed E-state index contributed by atoms with van der Waals surface area (Å²) < 4.78 is 0. The summed E-state index contributed by atoms with van der Waals surface area (Å²) in [6.07, 6.45) is 3.87. The van der Waals surface area contributed by atoms with E-state index in [2.05, 4.69) is 35.4 Å². The van der Waals surface area contributed by atoms with Crippen LogP contribution in [0.15, 0.2) is 29.2 Å². The van der Waals surface area contributed by atoms with Crippen molar-refractivity contribution in [3.8, 4) is 0 Å². The Balaban J connectivity index is 1.93. The van der Waals surface area contributed by atoms with Crippen LogP contribution in [0.1, 0.15) is 18.4 Å². The molecular weight excluding hydrogens is 246 g/mol. The van der Waals surface area contributed by atoms with Crippen molar-refractivity contribution in [1.82, 2.24) is 4.90 Å². The second-order valence-corrected chi connectivity index (χ2v) is 5.64. The van der Waals surface area contributed by atoms with Gasteiger partial charge < -0.3 is 5.11 Å². The molecule has 1 aliphatic rings. The van der Waals surface area contributed by atoms with Crippen LogP contribution < -0.4 is 0 Å². The predicted molar refractivity (Wildman–Crippen MR) is 73.9 cm³/mol. The van der Waals surface area contributed by atoms with Gasteiger partial charge in [0.2, 0.25) is 0 Å². The van der Waals surface area contributed by atoms with Crippen LogP contribution in [0.3, 0.4) is 0 Å². The standard InChI is InChI=1S/C14H19NO2S/c1-18-13-6-4-11(5-7-13)9-15-8-2-3-12(10-15)14(16)17/h4-7,12H,2-3,8-10H2,1H3,(H,16,17). The van der Waals surface area contributed by atoms with Crippen LogP contribution in [0.5, 0.6) is 0 Å². The third kappa shape index (κ3) is 3.50. The first kappa shape index (κ1) is 13.4. The number of carboxylic acid groups (broad SMARTS) is 1. The molecule has 1 fully saturated rings. The predicted octanol–water partition coefficient (Wildman–Crippen LogP) is 2.71. The van der Waals surface area contributed by atoms with Crippen LogP contribution in [0.4, 0.5) is 0 Å². The summed E-state index contributed by atoms with van der Waals surface area (Å²) in [4.78, 5) is 14.5. The van der Waals surface area contributed by atoms with Gasteiger partial charge in [-0.1, -0.05) is 12.1 Å². The first-order valence-corrected chi connectivity index (χ1v) is 7.49. The van der Waals surface area contributed by atoms with E-state index in [1.165, 1.54) is 10.5 Å². The zero-order valence-corrected chi connectivity index (χ0v) is 11.4. The summed E-state index contributed by atoms with van der Waals surface area (Å²) in [5, 5.41) is 9.06. The van der Waals surface area contributed by atoms with Gasteiger partial charge >= 0.3 is 5.97 Å². The minimum absolute atomic E-state index is 0.191. The monoisotopic (exact) mass is 265 g/mol. The fourth-order valence-corrected chi connectivity index (χ4v) is 2.80. The molecule has 3 nitrogen and oxygen atoms in total. The Kier molecular flexibility index (Phi) is 4.66. The molecule has 1 aromatic rings. The van der Waals surface area contributed by atoms with Crippen molar-refractivity contribution in [2.24, 2.45) is 5.92 Å². The van der Waals surface area contributed by atoms with Crippen LogP contribution in [-0.2, 0) is 11.3 Å². The van der Waals surface area contributed by atoms with Crippen molar-refractivity contribution in [3.63, 3.8) is 0 Å². The molecule has 2 rings (SSSR count). The molecule has 1 aliphatic heterocycles. The number of nitrogens with zero attached hydrogens (tertiary/aromatic N) is 1. The summed E-state index contributed by atoms with van der Waals surface area (Å²) in [5.74, 6) is -0.846. The van der Waals surface area contributed by atoms with Crippen LogP contribution in [0, 0.1) is 5.92 Å².